The fraction of sp³-hybridized carbons (Fsp3) is 0.449. The maximum Gasteiger partial charge on any atom is 0.405 e. The van der Waals surface area contributed by atoms with Crippen LogP contribution >= 0.6 is 0 Å². The minimum absolute atomic E-state index is 0.0327. The van der Waals surface area contributed by atoms with E-state index in [9.17, 15) is 24.0 Å². The summed E-state index contributed by atoms with van der Waals surface area (Å²) in [6.07, 6.45) is 12.5. The number of nitrogens with one attached hydrogen (secondary N) is 5. The number of fused-ring (bicyclic) bond motifs is 2. The van der Waals surface area contributed by atoms with Crippen molar-refractivity contribution in [3.8, 4) is 23.5 Å². The summed E-state index contributed by atoms with van der Waals surface area (Å²) in [6.45, 7) is 5.40. The molecule has 0 radical (unpaired) electrons. The molecule has 3 aliphatic rings. The predicted molar refractivity (Wildman–Crippen MR) is 255 cm³/mol. The van der Waals surface area contributed by atoms with Crippen molar-refractivity contribution >= 4 is 51.6 Å². The molecule has 4 amide bonds. The first-order valence-electron chi connectivity index (χ1n) is 23.1. The predicted octanol–water partition coefficient (Wildman–Crippen LogP) is 2.66. The molecule has 5 heterocycles. The summed E-state index contributed by atoms with van der Waals surface area (Å²) in [5.41, 5.74) is 7.98. The van der Waals surface area contributed by atoms with Gasteiger partial charge in [0.05, 0.1) is 43.4 Å². The van der Waals surface area contributed by atoms with Gasteiger partial charge in [0.1, 0.15) is 18.3 Å². The second-order valence-electron chi connectivity index (χ2n) is 18.2. The minimum Gasteiger partial charge on any atom is -0.465 e. The Morgan fingerprint density at radius 1 is 1.01 bits per heavy atom. The number of hydrogen-bond acceptors (Lipinski definition) is 12. The van der Waals surface area contributed by atoms with Crippen LogP contribution in [-0.2, 0) is 36.5 Å². The molecule has 2 aromatic carbocycles. The molecule has 3 aromatic heterocycles. The summed E-state index contributed by atoms with van der Waals surface area (Å²) in [6, 6.07) is 16.6. The van der Waals surface area contributed by atoms with Crippen molar-refractivity contribution < 1.29 is 33.8 Å². The average Bonchev–Trinajstić information content (AvgIpc) is 4.02. The summed E-state index contributed by atoms with van der Waals surface area (Å²) in [5.74, 6) is 0.862. The molecule has 1 aliphatic carbocycles. The number of benzene rings is 2. The number of carbonyl (C=O) groups excluding carboxylic acids is 3. The summed E-state index contributed by atoms with van der Waals surface area (Å²) in [4.78, 5) is 80.1. The highest BCUT2D eigenvalue weighted by Crippen LogP contribution is 2.44. The zero-order valence-corrected chi connectivity index (χ0v) is 38.4. The number of primary amides is 1. The Morgan fingerprint density at radius 3 is 2.46 bits per heavy atom. The van der Waals surface area contributed by atoms with Crippen molar-refractivity contribution in [2.75, 3.05) is 57.5 Å². The maximum atomic E-state index is 13.1. The van der Waals surface area contributed by atoms with E-state index in [1.807, 2.05) is 66.1 Å². The highest BCUT2D eigenvalue weighted by molar-refractivity contribution is 5.97. The SMILES string of the molecule is C#CCNC1(C)CCN(C2CCN(c3nc(C(COCNC(=O)CNC(=O)C(CC(N)=O)NC(=O)O)(OC4CC4)c4ccccc4)c4cc(-c5cn(C)c(=O)c6[nH]ccc56)ccc4n3)CC2)CC1. The van der Waals surface area contributed by atoms with Crippen LogP contribution < -0.4 is 37.5 Å². The van der Waals surface area contributed by atoms with Gasteiger partial charge in [0.15, 0.2) is 5.60 Å². The second kappa shape index (κ2) is 20.6. The van der Waals surface area contributed by atoms with Crippen LogP contribution in [0.2, 0.25) is 0 Å². The first-order chi connectivity index (χ1) is 32.8. The molecule has 8 rings (SSSR count). The van der Waals surface area contributed by atoms with Crippen molar-refractivity contribution in [3.05, 3.63) is 88.6 Å². The molecule has 2 unspecified atom stereocenters. The Balaban J connectivity index is 1.11. The van der Waals surface area contributed by atoms with Gasteiger partial charge in [-0.15, -0.1) is 6.42 Å². The number of pyridine rings is 1. The van der Waals surface area contributed by atoms with Crippen LogP contribution in [0.5, 0.6) is 0 Å². The topological polar surface area (TPSA) is 251 Å². The lowest BCUT2D eigenvalue weighted by Crippen LogP contribution is -2.55. The average molecular weight is 930 g/mol. The zero-order chi connectivity index (χ0) is 48.0. The number of ether oxygens (including phenoxy) is 2. The number of aromatic nitrogens is 4. The van der Waals surface area contributed by atoms with Gasteiger partial charge in [0, 0.05) is 73.5 Å². The van der Waals surface area contributed by atoms with Crippen LogP contribution in [0.3, 0.4) is 0 Å². The third kappa shape index (κ3) is 10.8. The molecule has 0 spiro atoms. The van der Waals surface area contributed by atoms with Gasteiger partial charge in [-0.1, -0.05) is 42.3 Å². The van der Waals surface area contributed by atoms with Crippen molar-refractivity contribution in [1.82, 2.24) is 45.7 Å². The molecule has 3 fully saturated rings. The van der Waals surface area contributed by atoms with Gasteiger partial charge in [-0.05, 0) is 74.8 Å². The van der Waals surface area contributed by atoms with Gasteiger partial charge >= 0.3 is 6.09 Å². The number of amides is 4. The van der Waals surface area contributed by atoms with E-state index in [4.69, 9.17) is 36.7 Å². The lowest BCUT2D eigenvalue weighted by atomic mass is 9.87. The summed E-state index contributed by atoms with van der Waals surface area (Å²) < 4.78 is 15.1. The second-order valence-corrected chi connectivity index (χ2v) is 18.2. The van der Waals surface area contributed by atoms with Crippen LogP contribution in [0.25, 0.3) is 32.9 Å². The number of piperidine rings is 2. The Bertz CT molecular complexity index is 2740. The Hall–Kier alpha value is -6.85. The standard InChI is InChI=1S/C49H59N11O8/c1-4-19-54-48(2)17-23-59(24-18-48)33-15-21-60(22-16-33)46-55-38-13-10-31(37-28-58(3)45(64)42-35(37)14-20-51-42)25-36(38)43(57-46)49(68-34-11-12-34,32-8-6-5-7-9-32)29-67-30-53-41(62)27-52-44(63)39(26-40(50)61)56-47(65)66/h1,5-10,13-14,20,25,28,33-34,39,51,54,56H,11-12,15-19,21-24,26-27,29-30H2,2-3H3,(H2,50,61)(H,52,63)(H,53,62)(H,65,66). The number of nitrogens with zero attached hydrogens (tertiary/aromatic N) is 5. The van der Waals surface area contributed by atoms with Gasteiger partial charge in [-0.25, -0.2) is 14.8 Å². The van der Waals surface area contributed by atoms with Crippen molar-refractivity contribution in [3.63, 3.8) is 0 Å². The van der Waals surface area contributed by atoms with Crippen molar-refractivity contribution in [1.29, 1.82) is 0 Å². The Labute approximate surface area is 393 Å². The molecule has 358 valence electrons. The molecule has 0 bridgehead atoms. The number of aromatic amines is 1. The fourth-order valence-corrected chi connectivity index (χ4v) is 9.35. The summed E-state index contributed by atoms with van der Waals surface area (Å²) >= 11 is 0. The van der Waals surface area contributed by atoms with E-state index in [-0.39, 0.29) is 30.5 Å². The van der Waals surface area contributed by atoms with E-state index < -0.39 is 48.4 Å². The highest BCUT2D eigenvalue weighted by atomic mass is 16.6. The van der Waals surface area contributed by atoms with Crippen LogP contribution in [0.4, 0.5) is 10.7 Å². The maximum absolute atomic E-state index is 13.1. The lowest BCUT2D eigenvalue weighted by Gasteiger charge is -2.45. The van der Waals surface area contributed by atoms with Gasteiger partial charge in [0.25, 0.3) is 5.56 Å². The number of carboxylic acid groups (broad SMARTS) is 1. The number of terminal acetylenes is 1. The molecule has 68 heavy (non-hydrogen) atoms. The minimum atomic E-state index is -1.53. The van der Waals surface area contributed by atoms with Crippen LogP contribution in [0.15, 0.2) is 71.8 Å². The third-order valence-corrected chi connectivity index (χ3v) is 13.3. The van der Waals surface area contributed by atoms with Gasteiger partial charge in [0.2, 0.25) is 23.7 Å². The molecule has 2 aliphatic heterocycles. The molecule has 5 aromatic rings. The monoisotopic (exact) mass is 929 g/mol. The number of likely N-dealkylation sites (tertiary alicyclic amines) is 1. The van der Waals surface area contributed by atoms with E-state index in [1.54, 1.807) is 17.8 Å². The highest BCUT2D eigenvalue weighted by Gasteiger charge is 2.45. The normalized spacial score (nSPS) is 17.8. The molecule has 19 heteroatoms. The van der Waals surface area contributed by atoms with Gasteiger partial charge < -0.3 is 60.9 Å². The van der Waals surface area contributed by atoms with Crippen LogP contribution in [0.1, 0.15) is 63.1 Å². The number of H-pyrrole nitrogens is 1. The molecular formula is C49H59N11O8. The van der Waals surface area contributed by atoms with Gasteiger partial charge in [-0.2, -0.15) is 0 Å². The largest absolute Gasteiger partial charge is 0.465 e. The number of anilines is 1. The number of aryl methyl sites for hydroxylation is 1. The first kappa shape index (κ1) is 47.6. The van der Waals surface area contributed by atoms with Crippen molar-refractivity contribution in [2.45, 2.75) is 81.2 Å². The number of rotatable bonds is 19. The molecule has 8 N–H and O–H groups in total. The smallest absolute Gasteiger partial charge is 0.405 e. The van der Waals surface area contributed by atoms with Crippen LogP contribution in [-0.4, -0.2) is 130 Å². The van der Waals surface area contributed by atoms with Crippen molar-refractivity contribution in [2.24, 2.45) is 12.8 Å². The van der Waals surface area contributed by atoms with E-state index >= 15 is 0 Å². The molecule has 1 saturated carbocycles. The first-order valence-corrected chi connectivity index (χ1v) is 23.1. The fourth-order valence-electron chi connectivity index (χ4n) is 9.35. The molecule has 2 saturated heterocycles. The quantitative estimate of drug-likeness (QED) is 0.0358. The molecule has 19 nitrogen and oxygen atoms in total. The van der Waals surface area contributed by atoms with E-state index in [1.165, 1.54) is 0 Å². The summed E-state index contributed by atoms with van der Waals surface area (Å²) in [7, 11) is 1.73. The number of hydrogen-bond donors (Lipinski definition) is 7. The van der Waals surface area contributed by atoms with E-state index in [0.717, 1.165) is 86.8 Å². The lowest BCUT2D eigenvalue weighted by molar-refractivity contribution is -0.130. The third-order valence-electron chi connectivity index (χ3n) is 13.3. The van der Waals surface area contributed by atoms with Gasteiger partial charge in [-0.3, -0.25) is 19.2 Å². The Kier molecular flexibility index (Phi) is 14.4. The zero-order valence-electron chi connectivity index (χ0n) is 38.4. The van der Waals surface area contributed by atoms with E-state index in [0.29, 0.717) is 40.6 Å². The summed E-state index contributed by atoms with van der Waals surface area (Å²) in [5, 5.41) is 21.1. The van der Waals surface area contributed by atoms with Crippen LogP contribution in [0, 0.1) is 12.3 Å². The Morgan fingerprint density at radius 2 is 1.76 bits per heavy atom. The number of carbonyl (C=O) groups is 4. The molecular weight excluding hydrogens is 871 g/mol. The molecule has 2 atom stereocenters. The van der Waals surface area contributed by atoms with E-state index in [2.05, 4.69) is 43.6 Å². The number of nitrogens with two attached hydrogens (primary N) is 1.